The van der Waals surface area contributed by atoms with Crippen molar-refractivity contribution in [3.8, 4) is 5.75 Å². The minimum atomic E-state index is -3.92. The van der Waals surface area contributed by atoms with E-state index in [1.807, 2.05) is 66.4 Å². The molecule has 0 unspecified atom stereocenters. The van der Waals surface area contributed by atoms with Gasteiger partial charge in [-0.15, -0.1) is 0 Å². The minimum Gasteiger partial charge on any atom is -0.490 e. The van der Waals surface area contributed by atoms with Gasteiger partial charge < -0.3 is 14.6 Å². The second kappa shape index (κ2) is 12.7. The zero-order chi connectivity index (χ0) is 28.0. The molecule has 0 aliphatic carbocycles. The number of hydrogen-bond donors (Lipinski definition) is 1. The summed E-state index contributed by atoms with van der Waals surface area (Å²) in [7, 11) is -2.63. The van der Waals surface area contributed by atoms with Crippen molar-refractivity contribution in [2.24, 2.45) is 0 Å². The van der Waals surface area contributed by atoms with Gasteiger partial charge in [0.25, 0.3) is 0 Å². The zero-order valence-corrected chi connectivity index (χ0v) is 22.8. The number of benzene rings is 3. The first-order valence-electron chi connectivity index (χ1n) is 12.6. The largest absolute Gasteiger partial charge is 0.490 e. The van der Waals surface area contributed by atoms with E-state index in [4.69, 9.17) is 9.47 Å². The van der Waals surface area contributed by atoms with E-state index in [2.05, 4.69) is 0 Å². The van der Waals surface area contributed by atoms with Crippen LogP contribution in [0, 0.1) is 17.0 Å². The highest BCUT2D eigenvalue weighted by molar-refractivity contribution is 7.89. The fraction of sp³-hybridized carbons (Fsp3) is 0.357. The summed E-state index contributed by atoms with van der Waals surface area (Å²) in [5.74, 6) is -0.00291. The number of aliphatic hydroxyl groups excluding tert-OH is 1. The van der Waals surface area contributed by atoms with Crippen molar-refractivity contribution in [1.82, 2.24) is 9.21 Å². The van der Waals surface area contributed by atoms with Gasteiger partial charge in [0.05, 0.1) is 29.6 Å². The molecule has 1 saturated heterocycles. The van der Waals surface area contributed by atoms with Crippen molar-refractivity contribution in [1.29, 1.82) is 0 Å². The van der Waals surface area contributed by atoms with Crippen molar-refractivity contribution in [2.75, 3.05) is 46.4 Å². The summed E-state index contributed by atoms with van der Waals surface area (Å²) < 4.78 is 38.7. The fourth-order valence-electron chi connectivity index (χ4n) is 4.59. The number of aryl methyl sites for hydroxylation is 1. The Morgan fingerprint density at radius 3 is 2.23 bits per heavy atom. The van der Waals surface area contributed by atoms with Gasteiger partial charge in [-0.05, 0) is 30.2 Å². The van der Waals surface area contributed by atoms with Crippen LogP contribution in [0.3, 0.4) is 0 Å². The van der Waals surface area contributed by atoms with Crippen molar-refractivity contribution < 1.29 is 27.9 Å². The highest BCUT2D eigenvalue weighted by Crippen LogP contribution is 2.31. The van der Waals surface area contributed by atoms with Crippen LogP contribution < -0.4 is 4.74 Å². The molecule has 3 aromatic carbocycles. The maximum absolute atomic E-state index is 13.1. The molecule has 4 rings (SSSR count). The maximum Gasteiger partial charge on any atom is 0.312 e. The van der Waals surface area contributed by atoms with E-state index >= 15 is 0 Å². The molecule has 0 amide bonds. The van der Waals surface area contributed by atoms with Gasteiger partial charge in [0.1, 0.15) is 6.10 Å². The Bertz CT molecular complexity index is 1360. The molecular weight excluding hydrogens is 522 g/mol. The summed E-state index contributed by atoms with van der Waals surface area (Å²) in [5, 5.41) is 22.1. The van der Waals surface area contributed by atoms with E-state index in [1.165, 1.54) is 23.5 Å². The molecule has 1 aliphatic rings. The maximum atomic E-state index is 13.1. The second-order valence-corrected chi connectivity index (χ2v) is 11.4. The van der Waals surface area contributed by atoms with Gasteiger partial charge in [0.2, 0.25) is 10.0 Å². The summed E-state index contributed by atoms with van der Waals surface area (Å²) in [6.07, 6.45) is -1.09. The molecule has 1 heterocycles. The number of methoxy groups -OCH3 is 1. The lowest BCUT2D eigenvalue weighted by Crippen LogP contribution is -2.50. The van der Waals surface area contributed by atoms with Crippen LogP contribution in [0.25, 0.3) is 0 Å². The molecule has 208 valence electrons. The van der Waals surface area contributed by atoms with Gasteiger partial charge in [-0.2, -0.15) is 4.31 Å². The van der Waals surface area contributed by atoms with Crippen molar-refractivity contribution in [2.45, 2.75) is 24.0 Å². The molecule has 0 bridgehead atoms. The summed E-state index contributed by atoms with van der Waals surface area (Å²) in [4.78, 5) is 12.5. The van der Waals surface area contributed by atoms with E-state index in [-0.39, 0.29) is 36.4 Å². The molecule has 11 heteroatoms. The highest BCUT2D eigenvalue weighted by atomic mass is 32.2. The van der Waals surface area contributed by atoms with Crippen LogP contribution in [0.4, 0.5) is 5.69 Å². The van der Waals surface area contributed by atoms with E-state index < -0.39 is 26.7 Å². The Hall–Kier alpha value is -3.35. The predicted octanol–water partition coefficient (Wildman–Crippen LogP) is 3.39. The van der Waals surface area contributed by atoms with E-state index in [0.29, 0.717) is 19.6 Å². The molecule has 39 heavy (non-hydrogen) atoms. The number of β-amino-alcohol motifs (C(OH)–C–C–N with tert-alkyl or cyclic N) is 1. The molecule has 0 radical (unpaired) electrons. The van der Waals surface area contributed by atoms with Crippen LogP contribution >= 0.6 is 0 Å². The van der Waals surface area contributed by atoms with Gasteiger partial charge in [-0.3, -0.25) is 15.0 Å². The van der Waals surface area contributed by atoms with Crippen molar-refractivity contribution >= 4 is 15.7 Å². The predicted molar refractivity (Wildman–Crippen MR) is 146 cm³/mol. The Morgan fingerprint density at radius 2 is 1.62 bits per heavy atom. The van der Waals surface area contributed by atoms with Crippen LogP contribution in [-0.4, -0.2) is 80.2 Å². The third-order valence-corrected chi connectivity index (χ3v) is 8.62. The molecule has 1 aliphatic heterocycles. The van der Waals surface area contributed by atoms with Crippen LogP contribution in [-0.2, 0) is 14.8 Å². The summed E-state index contributed by atoms with van der Waals surface area (Å²) in [6, 6.07) is 21.6. The summed E-state index contributed by atoms with van der Waals surface area (Å²) in [6.45, 7) is 3.69. The first-order valence-corrected chi connectivity index (χ1v) is 14.1. The molecule has 10 nitrogen and oxygen atoms in total. The number of aliphatic hydroxyl groups is 1. The van der Waals surface area contributed by atoms with Gasteiger partial charge >= 0.3 is 5.69 Å². The number of sulfonamides is 1. The smallest absolute Gasteiger partial charge is 0.312 e. The monoisotopic (exact) mass is 555 g/mol. The number of nitrogens with zero attached hydrogens (tertiary/aromatic N) is 3. The average molecular weight is 556 g/mol. The lowest BCUT2D eigenvalue weighted by Gasteiger charge is -2.35. The number of nitro benzene ring substituents is 1. The molecule has 0 saturated carbocycles. The lowest BCUT2D eigenvalue weighted by atomic mass is 10.0. The van der Waals surface area contributed by atoms with Crippen molar-refractivity contribution in [3.63, 3.8) is 0 Å². The Morgan fingerprint density at radius 1 is 0.974 bits per heavy atom. The lowest BCUT2D eigenvalue weighted by molar-refractivity contribution is -0.386. The highest BCUT2D eigenvalue weighted by Gasteiger charge is 2.31. The molecular formula is C28H33N3O7S. The Labute approximate surface area is 228 Å². The number of piperazine rings is 1. The normalized spacial score (nSPS) is 16.5. The van der Waals surface area contributed by atoms with Crippen molar-refractivity contribution in [3.05, 3.63) is 99.6 Å². The third kappa shape index (κ3) is 7.00. The molecule has 1 N–H and O–H groups in total. The number of ether oxygens (including phenoxy) is 2. The Balaban J connectivity index is 1.34. The second-order valence-electron chi connectivity index (χ2n) is 9.48. The molecule has 0 spiro atoms. The quantitative estimate of drug-likeness (QED) is 0.282. The van der Waals surface area contributed by atoms with Gasteiger partial charge in [-0.25, -0.2) is 8.42 Å². The number of nitro groups is 1. The van der Waals surface area contributed by atoms with E-state index in [9.17, 15) is 23.6 Å². The molecule has 0 aromatic heterocycles. The molecule has 3 aromatic rings. The van der Waals surface area contributed by atoms with Gasteiger partial charge in [0, 0.05) is 38.8 Å². The molecule has 1 fully saturated rings. The first kappa shape index (κ1) is 28.7. The van der Waals surface area contributed by atoms with Gasteiger partial charge in [0.15, 0.2) is 5.75 Å². The molecule has 2 atom stereocenters. The van der Waals surface area contributed by atoms with E-state index in [1.54, 1.807) is 0 Å². The first-order chi connectivity index (χ1) is 18.7. The number of hydrogen-bond acceptors (Lipinski definition) is 8. The summed E-state index contributed by atoms with van der Waals surface area (Å²) in [5.41, 5.74) is 2.74. The average Bonchev–Trinajstić information content (AvgIpc) is 2.94. The Kier molecular flexibility index (Phi) is 9.31. The van der Waals surface area contributed by atoms with Crippen LogP contribution in [0.2, 0.25) is 0 Å². The third-order valence-electron chi connectivity index (χ3n) is 6.72. The van der Waals surface area contributed by atoms with E-state index in [0.717, 1.165) is 22.8 Å². The standard InChI is InChI=1S/C28H33N3O7S/c1-21-8-10-23(11-9-21)28(22-6-4-3-5-7-22)38-20-24(32)19-29-14-16-30(17-15-29)39(35,36)25-12-13-27(37-2)26(18-25)31(33)34/h3-13,18,24,28,32H,14-17,19-20H2,1-2H3/t24-,28+/m0/s1. The van der Waals surface area contributed by atoms with Crippen LogP contribution in [0.5, 0.6) is 5.75 Å². The SMILES string of the molecule is COc1ccc(S(=O)(=O)N2CCN(C[C@H](O)CO[C@H](c3ccccc3)c3ccc(C)cc3)CC2)cc1[N+](=O)[O-]. The fourth-order valence-corrected chi connectivity index (χ4v) is 6.03. The number of rotatable bonds is 11. The summed E-state index contributed by atoms with van der Waals surface area (Å²) >= 11 is 0. The topological polar surface area (TPSA) is 122 Å². The van der Waals surface area contributed by atoms with Crippen LogP contribution in [0.15, 0.2) is 77.7 Å². The van der Waals surface area contributed by atoms with Crippen LogP contribution in [0.1, 0.15) is 22.8 Å². The minimum absolute atomic E-state index is 0.00291. The van der Waals surface area contributed by atoms with Gasteiger partial charge in [-0.1, -0.05) is 60.2 Å². The zero-order valence-electron chi connectivity index (χ0n) is 22.0.